The maximum absolute atomic E-state index is 8.58. The molecule has 0 radical (unpaired) electrons. The molecule has 0 aromatic carbocycles. The van der Waals surface area contributed by atoms with Crippen LogP contribution in [-0.2, 0) is 4.74 Å². The van der Waals surface area contributed by atoms with E-state index in [9.17, 15) is 0 Å². The summed E-state index contributed by atoms with van der Waals surface area (Å²) >= 11 is 0. The molecule has 0 aromatic rings. The van der Waals surface area contributed by atoms with Gasteiger partial charge in [0.25, 0.3) is 0 Å². The lowest BCUT2D eigenvalue weighted by atomic mass is 10.1. The number of ether oxygens (including phenoxy) is 1. The molecule has 0 fully saturated rings. The number of hydrogen-bond donors (Lipinski definition) is 1. The quantitative estimate of drug-likeness (QED) is 0.551. The van der Waals surface area contributed by atoms with Gasteiger partial charge in [-0.15, -0.1) is 0 Å². The second-order valence-corrected chi connectivity index (χ2v) is 3.90. The first-order chi connectivity index (χ1) is 6.81. The maximum Gasteiger partial charge on any atom is 0.0546 e. The third-order valence-corrected chi connectivity index (χ3v) is 2.47. The molecule has 0 aromatic heterocycles. The molecule has 0 amide bonds. The van der Waals surface area contributed by atoms with Crippen molar-refractivity contribution in [3.05, 3.63) is 0 Å². The molecule has 0 heterocycles. The van der Waals surface area contributed by atoms with Gasteiger partial charge in [-0.2, -0.15) is 0 Å². The molecule has 86 valence electrons. The van der Waals surface area contributed by atoms with Gasteiger partial charge in [-0.3, -0.25) is 0 Å². The average Bonchev–Trinajstić information content (AvgIpc) is 2.17. The Bertz CT molecular complexity index is 104. The molecular formula is C12H26O2. The van der Waals surface area contributed by atoms with Crippen molar-refractivity contribution in [2.45, 2.75) is 64.9 Å². The highest BCUT2D eigenvalue weighted by atomic mass is 16.5. The van der Waals surface area contributed by atoms with E-state index in [1.165, 1.54) is 38.5 Å². The lowest BCUT2D eigenvalue weighted by Crippen LogP contribution is -2.07. The number of unbranched alkanes of at least 4 members (excludes halogenated alkanes) is 5. The zero-order valence-corrected chi connectivity index (χ0v) is 9.80. The summed E-state index contributed by atoms with van der Waals surface area (Å²) in [6.45, 7) is 5.37. The molecule has 14 heavy (non-hydrogen) atoms. The predicted molar refractivity (Wildman–Crippen MR) is 60.5 cm³/mol. The third kappa shape index (κ3) is 10.0. The Morgan fingerprint density at radius 1 is 1.00 bits per heavy atom. The molecular weight excluding hydrogens is 176 g/mol. The Balaban J connectivity index is 2.98. The van der Waals surface area contributed by atoms with Crippen LogP contribution in [0.3, 0.4) is 0 Å². The molecule has 2 heteroatoms. The zero-order valence-electron chi connectivity index (χ0n) is 9.80. The molecule has 0 saturated heterocycles. The van der Waals surface area contributed by atoms with Gasteiger partial charge < -0.3 is 9.84 Å². The Labute approximate surface area is 88.7 Å². The van der Waals surface area contributed by atoms with E-state index in [0.29, 0.717) is 12.7 Å². The van der Waals surface area contributed by atoms with Gasteiger partial charge in [-0.25, -0.2) is 0 Å². The third-order valence-electron chi connectivity index (χ3n) is 2.47. The van der Waals surface area contributed by atoms with Crippen LogP contribution in [0.1, 0.15) is 58.8 Å². The summed E-state index contributed by atoms with van der Waals surface area (Å²) in [5.41, 5.74) is 0. The van der Waals surface area contributed by atoms with Crippen molar-refractivity contribution in [1.82, 2.24) is 0 Å². The number of aliphatic hydroxyl groups is 1. The van der Waals surface area contributed by atoms with E-state index in [2.05, 4.69) is 6.92 Å². The van der Waals surface area contributed by atoms with Crippen LogP contribution in [0.25, 0.3) is 0 Å². The Hall–Kier alpha value is -0.0800. The van der Waals surface area contributed by atoms with Gasteiger partial charge in [0.15, 0.2) is 0 Å². The fourth-order valence-electron chi connectivity index (χ4n) is 1.62. The molecule has 0 aliphatic rings. The summed E-state index contributed by atoms with van der Waals surface area (Å²) in [4.78, 5) is 0. The maximum atomic E-state index is 8.58. The SMILES string of the molecule is CCOC(C)CCCCCCCCO. The smallest absolute Gasteiger partial charge is 0.0546 e. The monoisotopic (exact) mass is 202 g/mol. The zero-order chi connectivity index (χ0) is 10.6. The Morgan fingerprint density at radius 3 is 2.14 bits per heavy atom. The molecule has 1 atom stereocenters. The summed E-state index contributed by atoms with van der Waals surface area (Å²) in [5, 5.41) is 8.58. The minimum absolute atomic E-state index is 0.349. The van der Waals surface area contributed by atoms with Gasteiger partial charge in [0.05, 0.1) is 6.10 Å². The van der Waals surface area contributed by atoms with E-state index in [4.69, 9.17) is 9.84 Å². The van der Waals surface area contributed by atoms with Crippen LogP contribution in [0.4, 0.5) is 0 Å². The molecule has 2 nitrogen and oxygen atoms in total. The van der Waals surface area contributed by atoms with Crippen molar-refractivity contribution in [2.24, 2.45) is 0 Å². The van der Waals surface area contributed by atoms with Crippen LogP contribution in [0.15, 0.2) is 0 Å². The first-order valence-corrected chi connectivity index (χ1v) is 6.03. The fourth-order valence-corrected chi connectivity index (χ4v) is 1.62. The topological polar surface area (TPSA) is 29.5 Å². The minimum atomic E-state index is 0.349. The van der Waals surface area contributed by atoms with Crippen LogP contribution in [0.5, 0.6) is 0 Å². The highest BCUT2D eigenvalue weighted by Crippen LogP contribution is 2.09. The molecule has 0 spiro atoms. The second kappa shape index (κ2) is 11.0. The summed E-state index contributed by atoms with van der Waals surface area (Å²) < 4.78 is 5.45. The van der Waals surface area contributed by atoms with E-state index >= 15 is 0 Å². The van der Waals surface area contributed by atoms with Crippen molar-refractivity contribution >= 4 is 0 Å². The summed E-state index contributed by atoms with van der Waals surface area (Å²) in [6, 6.07) is 0. The van der Waals surface area contributed by atoms with Gasteiger partial charge in [-0.1, -0.05) is 32.1 Å². The van der Waals surface area contributed by atoms with E-state index in [1.807, 2.05) is 6.92 Å². The Morgan fingerprint density at radius 2 is 1.57 bits per heavy atom. The highest BCUT2D eigenvalue weighted by Gasteiger charge is 1.99. The molecule has 0 aliphatic carbocycles. The molecule has 0 bridgehead atoms. The molecule has 0 saturated carbocycles. The van der Waals surface area contributed by atoms with Crippen molar-refractivity contribution in [3.8, 4) is 0 Å². The van der Waals surface area contributed by atoms with Crippen LogP contribution >= 0.6 is 0 Å². The molecule has 0 aliphatic heterocycles. The largest absolute Gasteiger partial charge is 0.396 e. The summed E-state index contributed by atoms with van der Waals surface area (Å²) in [6.07, 6.45) is 8.92. The van der Waals surface area contributed by atoms with Crippen LogP contribution in [0, 0.1) is 0 Å². The first-order valence-electron chi connectivity index (χ1n) is 6.03. The average molecular weight is 202 g/mol. The number of aliphatic hydroxyl groups excluding tert-OH is 1. The first kappa shape index (κ1) is 13.9. The van der Waals surface area contributed by atoms with Crippen LogP contribution < -0.4 is 0 Å². The lowest BCUT2D eigenvalue weighted by Gasteiger charge is -2.10. The van der Waals surface area contributed by atoms with Crippen molar-refractivity contribution in [1.29, 1.82) is 0 Å². The van der Waals surface area contributed by atoms with Gasteiger partial charge in [-0.05, 0) is 26.7 Å². The second-order valence-electron chi connectivity index (χ2n) is 3.90. The number of rotatable bonds is 10. The van der Waals surface area contributed by atoms with E-state index < -0.39 is 0 Å². The van der Waals surface area contributed by atoms with E-state index in [-0.39, 0.29) is 0 Å². The lowest BCUT2D eigenvalue weighted by molar-refractivity contribution is 0.0683. The normalized spacial score (nSPS) is 13.1. The van der Waals surface area contributed by atoms with Crippen molar-refractivity contribution < 1.29 is 9.84 Å². The van der Waals surface area contributed by atoms with Crippen molar-refractivity contribution in [3.63, 3.8) is 0 Å². The molecule has 1 N–H and O–H groups in total. The molecule has 1 unspecified atom stereocenters. The minimum Gasteiger partial charge on any atom is -0.396 e. The fraction of sp³-hybridized carbons (Fsp3) is 1.00. The van der Waals surface area contributed by atoms with Crippen LogP contribution in [0.2, 0.25) is 0 Å². The van der Waals surface area contributed by atoms with Gasteiger partial charge in [0.2, 0.25) is 0 Å². The highest BCUT2D eigenvalue weighted by molar-refractivity contribution is 4.51. The molecule has 0 rings (SSSR count). The van der Waals surface area contributed by atoms with Crippen molar-refractivity contribution in [2.75, 3.05) is 13.2 Å². The Kier molecular flexibility index (Phi) is 10.9. The standard InChI is InChI=1S/C12H26O2/c1-3-14-12(2)10-8-6-4-5-7-9-11-13/h12-13H,3-11H2,1-2H3. The van der Waals surface area contributed by atoms with Gasteiger partial charge >= 0.3 is 0 Å². The summed E-state index contributed by atoms with van der Waals surface area (Å²) in [7, 11) is 0. The van der Waals surface area contributed by atoms with E-state index in [0.717, 1.165) is 13.0 Å². The predicted octanol–water partition coefficient (Wildman–Crippen LogP) is 3.13. The van der Waals surface area contributed by atoms with Gasteiger partial charge in [0, 0.05) is 13.2 Å². The summed E-state index contributed by atoms with van der Waals surface area (Å²) in [5.74, 6) is 0. The van der Waals surface area contributed by atoms with Crippen LogP contribution in [-0.4, -0.2) is 24.4 Å². The number of hydrogen-bond acceptors (Lipinski definition) is 2. The van der Waals surface area contributed by atoms with Gasteiger partial charge in [0.1, 0.15) is 0 Å². The van der Waals surface area contributed by atoms with E-state index in [1.54, 1.807) is 0 Å².